The Morgan fingerprint density at radius 1 is 1.45 bits per heavy atom. The van der Waals surface area contributed by atoms with Gasteiger partial charge in [-0.15, -0.1) is 0 Å². The molecule has 1 saturated carbocycles. The monoisotopic (exact) mass is 273 g/mol. The Hall–Kier alpha value is -1.76. The predicted octanol–water partition coefficient (Wildman–Crippen LogP) is 3.08. The Bertz CT molecular complexity index is 563. The van der Waals surface area contributed by atoms with Gasteiger partial charge in [-0.25, -0.2) is 0 Å². The van der Waals surface area contributed by atoms with Gasteiger partial charge in [-0.05, 0) is 37.0 Å². The molecule has 3 N–H and O–H groups in total. The maximum absolute atomic E-state index is 10.4. The molecule has 0 aromatic rings. The zero-order valence-corrected chi connectivity index (χ0v) is 12.7. The second kappa shape index (κ2) is 4.66. The highest BCUT2D eigenvalue weighted by Crippen LogP contribution is 2.58. The third-order valence-corrected chi connectivity index (χ3v) is 5.19. The molecule has 2 rings (SSSR count). The average molecular weight is 273 g/mol. The summed E-state index contributed by atoms with van der Waals surface area (Å²) in [6, 6.07) is 2.17. The lowest BCUT2D eigenvalue weighted by Crippen LogP contribution is -2.51. The minimum atomic E-state index is -0.409. The van der Waals surface area contributed by atoms with Crippen molar-refractivity contribution in [2.24, 2.45) is 27.5 Å². The van der Waals surface area contributed by atoms with Crippen LogP contribution in [0.5, 0.6) is 0 Å². The van der Waals surface area contributed by atoms with Crippen LogP contribution in [0.1, 0.15) is 40.0 Å². The van der Waals surface area contributed by atoms with E-state index >= 15 is 0 Å². The van der Waals surface area contributed by atoms with Gasteiger partial charge in [-0.1, -0.05) is 20.8 Å². The van der Waals surface area contributed by atoms with Crippen molar-refractivity contribution in [1.29, 1.82) is 5.26 Å². The van der Waals surface area contributed by atoms with E-state index in [4.69, 9.17) is 5.73 Å². The predicted molar refractivity (Wildman–Crippen MR) is 80.1 cm³/mol. The number of nitriles is 1. The van der Waals surface area contributed by atoms with Crippen LogP contribution in [0.25, 0.3) is 0 Å². The summed E-state index contributed by atoms with van der Waals surface area (Å²) in [5.41, 5.74) is 7.64. The van der Waals surface area contributed by atoms with E-state index in [1.165, 1.54) is 0 Å². The largest absolute Gasteiger partial charge is 0.511 e. The van der Waals surface area contributed by atoms with Gasteiger partial charge >= 0.3 is 0 Å². The smallest absolute Gasteiger partial charge is 0.112 e. The fraction of sp³-hybridized carbons (Fsp3) is 0.625. The summed E-state index contributed by atoms with van der Waals surface area (Å²) >= 11 is 0. The maximum Gasteiger partial charge on any atom is 0.112 e. The van der Waals surface area contributed by atoms with E-state index in [1.807, 2.05) is 13.8 Å². The highest BCUT2D eigenvalue weighted by atomic mass is 16.3. The van der Waals surface area contributed by atoms with Crippen LogP contribution < -0.4 is 5.73 Å². The van der Waals surface area contributed by atoms with E-state index in [2.05, 4.69) is 18.0 Å². The average Bonchev–Trinajstić information content (AvgIpc) is 2.41. The number of rotatable bonds is 0. The molecule has 0 spiro atoms. The Morgan fingerprint density at radius 2 is 2.10 bits per heavy atom. The number of nitrogens with zero attached hydrogens (tertiary/aromatic N) is 2. The van der Waals surface area contributed by atoms with Crippen molar-refractivity contribution in [3.63, 3.8) is 0 Å². The lowest BCUT2D eigenvalue weighted by molar-refractivity contribution is 0.0615. The number of nitrogens with two attached hydrogens (primary N) is 1. The van der Waals surface area contributed by atoms with Crippen molar-refractivity contribution in [3.8, 4) is 6.07 Å². The molecule has 0 aromatic carbocycles. The molecule has 2 aliphatic rings. The normalized spacial score (nSPS) is 36.9. The van der Waals surface area contributed by atoms with E-state index in [-0.39, 0.29) is 17.1 Å². The number of hydrogen-bond donors (Lipinski definition) is 2. The van der Waals surface area contributed by atoms with Crippen molar-refractivity contribution < 1.29 is 5.11 Å². The van der Waals surface area contributed by atoms with Crippen molar-refractivity contribution in [2.45, 2.75) is 40.0 Å². The standard InChI is InChI=1S/C16H23N3O/c1-15(2)12-6-5-10(8-17)13(19-4)16(12,3)7-11(9-18)14(15)20/h8,12,20H,5-7,17H2,1-4H3/t12-,16-/m0/s1. The van der Waals surface area contributed by atoms with Crippen LogP contribution in [0.3, 0.4) is 0 Å². The number of aliphatic imine (C=N–C) groups is 1. The first-order chi connectivity index (χ1) is 9.32. The Balaban J connectivity index is 2.64. The molecule has 4 nitrogen and oxygen atoms in total. The Morgan fingerprint density at radius 3 is 2.60 bits per heavy atom. The first kappa shape index (κ1) is 14.6. The van der Waals surface area contributed by atoms with E-state index < -0.39 is 5.41 Å². The van der Waals surface area contributed by atoms with Gasteiger partial charge in [-0.2, -0.15) is 5.26 Å². The molecule has 20 heavy (non-hydrogen) atoms. The molecule has 1 fully saturated rings. The SMILES string of the molecule is CN=C1C(=CN)CC[C@H]2C(C)(C)C(O)=C(C#N)C[C@]12C. The molecular formula is C16H23N3O. The van der Waals surface area contributed by atoms with Crippen LogP contribution in [0.4, 0.5) is 0 Å². The molecule has 0 heterocycles. The third-order valence-electron chi connectivity index (χ3n) is 5.19. The van der Waals surface area contributed by atoms with Crippen LogP contribution in [0, 0.1) is 28.1 Å². The van der Waals surface area contributed by atoms with E-state index in [0.717, 1.165) is 24.1 Å². The van der Waals surface area contributed by atoms with E-state index in [9.17, 15) is 10.4 Å². The number of aliphatic hydroxyl groups excluding tert-OH is 1. The topological polar surface area (TPSA) is 82.4 Å². The molecule has 0 unspecified atom stereocenters. The number of aliphatic hydroxyl groups is 1. The van der Waals surface area contributed by atoms with E-state index in [1.54, 1.807) is 13.2 Å². The summed E-state index contributed by atoms with van der Waals surface area (Å²) < 4.78 is 0. The van der Waals surface area contributed by atoms with Crippen LogP contribution in [-0.4, -0.2) is 17.9 Å². The molecule has 0 aliphatic heterocycles. The van der Waals surface area contributed by atoms with Gasteiger partial charge in [-0.3, -0.25) is 4.99 Å². The summed E-state index contributed by atoms with van der Waals surface area (Å²) in [7, 11) is 1.78. The minimum Gasteiger partial charge on any atom is -0.511 e. The quantitative estimate of drug-likeness (QED) is 0.711. The van der Waals surface area contributed by atoms with Crippen LogP contribution in [-0.2, 0) is 0 Å². The fourth-order valence-corrected chi connectivity index (χ4v) is 4.29. The first-order valence-electron chi connectivity index (χ1n) is 7.04. The highest BCUT2D eigenvalue weighted by molar-refractivity contribution is 6.05. The molecule has 2 aliphatic carbocycles. The van der Waals surface area contributed by atoms with Gasteiger partial charge in [0.25, 0.3) is 0 Å². The molecule has 108 valence electrons. The first-order valence-corrected chi connectivity index (χ1v) is 7.04. The molecule has 0 bridgehead atoms. The Kier molecular flexibility index (Phi) is 3.41. The van der Waals surface area contributed by atoms with Gasteiger partial charge in [0.15, 0.2) is 0 Å². The number of hydrogen-bond acceptors (Lipinski definition) is 4. The molecule has 0 radical (unpaired) electrons. The zero-order chi connectivity index (χ0) is 15.1. The molecule has 0 aromatic heterocycles. The van der Waals surface area contributed by atoms with Gasteiger partial charge in [0.05, 0.1) is 11.6 Å². The highest BCUT2D eigenvalue weighted by Gasteiger charge is 2.55. The van der Waals surface area contributed by atoms with Gasteiger partial charge in [0.1, 0.15) is 5.76 Å². The summed E-state index contributed by atoms with van der Waals surface area (Å²) in [6.45, 7) is 6.19. The Labute approximate surface area is 120 Å². The van der Waals surface area contributed by atoms with E-state index in [0.29, 0.717) is 12.0 Å². The van der Waals surface area contributed by atoms with Crippen molar-refractivity contribution in [1.82, 2.24) is 0 Å². The van der Waals surface area contributed by atoms with Gasteiger partial charge < -0.3 is 10.8 Å². The van der Waals surface area contributed by atoms with Gasteiger partial charge in [0.2, 0.25) is 0 Å². The third kappa shape index (κ3) is 1.76. The lowest BCUT2D eigenvalue weighted by atomic mass is 9.50. The number of allylic oxidation sites excluding steroid dienone is 3. The number of fused-ring (bicyclic) bond motifs is 1. The van der Waals surface area contributed by atoms with Crippen LogP contribution >= 0.6 is 0 Å². The molecule has 2 atom stereocenters. The minimum absolute atomic E-state index is 0.237. The van der Waals surface area contributed by atoms with Crippen molar-refractivity contribution in [3.05, 3.63) is 23.1 Å². The van der Waals surface area contributed by atoms with Gasteiger partial charge in [0, 0.05) is 23.6 Å². The molecule has 0 amide bonds. The molecular weight excluding hydrogens is 250 g/mol. The summed E-state index contributed by atoms with van der Waals surface area (Å²) in [4.78, 5) is 4.47. The summed E-state index contributed by atoms with van der Waals surface area (Å²) in [5.74, 6) is 0.507. The van der Waals surface area contributed by atoms with Crippen LogP contribution in [0.15, 0.2) is 28.1 Å². The van der Waals surface area contributed by atoms with Crippen LogP contribution in [0.2, 0.25) is 0 Å². The molecule has 0 saturated heterocycles. The summed E-state index contributed by atoms with van der Waals surface area (Å²) in [6.07, 6.45) is 4.00. The maximum atomic E-state index is 10.4. The fourth-order valence-electron chi connectivity index (χ4n) is 4.29. The zero-order valence-electron chi connectivity index (χ0n) is 12.7. The second-order valence-corrected chi connectivity index (χ2v) is 6.61. The lowest BCUT2D eigenvalue weighted by Gasteiger charge is -2.53. The summed E-state index contributed by atoms with van der Waals surface area (Å²) in [5, 5.41) is 19.7. The second-order valence-electron chi connectivity index (χ2n) is 6.61. The molecule has 4 heteroatoms. The van der Waals surface area contributed by atoms with Crippen molar-refractivity contribution in [2.75, 3.05) is 7.05 Å². The van der Waals surface area contributed by atoms with Crippen molar-refractivity contribution >= 4 is 5.71 Å².